The third-order valence-electron chi connectivity index (χ3n) is 5.74. The number of aryl methyl sites for hydroxylation is 3. The number of para-hydroxylation sites is 1. The largest absolute Gasteiger partial charge is 0.451 e. The second-order valence-corrected chi connectivity index (χ2v) is 9.27. The smallest absolute Gasteiger partial charge is 0.290 e. The Kier molecular flexibility index (Phi) is 4.98. The molecule has 1 amide bonds. The second-order valence-electron chi connectivity index (χ2n) is 8.03. The Morgan fingerprint density at radius 3 is 2.84 bits per heavy atom. The van der Waals surface area contributed by atoms with Gasteiger partial charge in [-0.3, -0.25) is 9.78 Å². The molecule has 31 heavy (non-hydrogen) atoms. The van der Waals surface area contributed by atoms with Crippen molar-refractivity contribution in [1.29, 1.82) is 0 Å². The van der Waals surface area contributed by atoms with E-state index in [9.17, 15) is 4.79 Å². The van der Waals surface area contributed by atoms with Crippen LogP contribution < -0.4 is 5.32 Å². The number of pyridine rings is 1. The van der Waals surface area contributed by atoms with Gasteiger partial charge in [0, 0.05) is 39.9 Å². The van der Waals surface area contributed by atoms with Crippen molar-refractivity contribution >= 4 is 39.0 Å². The molecular formula is C24H24N4O2S. The fourth-order valence-electron chi connectivity index (χ4n) is 4.30. The molecule has 1 atom stereocenters. The Balaban J connectivity index is 1.45. The summed E-state index contributed by atoms with van der Waals surface area (Å²) in [6.07, 6.45) is 3.69. The molecule has 1 aliphatic rings. The molecule has 158 valence electrons. The molecule has 3 aromatic heterocycles. The average Bonchev–Trinajstić information content (AvgIpc) is 3.47. The van der Waals surface area contributed by atoms with Gasteiger partial charge >= 0.3 is 0 Å². The number of anilines is 2. The number of fused-ring (bicyclic) bond motifs is 1. The number of amides is 1. The number of likely N-dealkylation sites (tertiary alicyclic amines) is 1. The van der Waals surface area contributed by atoms with Gasteiger partial charge in [0.15, 0.2) is 10.9 Å². The maximum absolute atomic E-state index is 13.5. The number of rotatable bonds is 4. The summed E-state index contributed by atoms with van der Waals surface area (Å²) >= 11 is 1.61. The molecule has 6 nitrogen and oxygen atoms in total. The minimum absolute atomic E-state index is 0.0652. The molecule has 7 heteroatoms. The Morgan fingerprint density at radius 2 is 2.06 bits per heavy atom. The van der Waals surface area contributed by atoms with E-state index in [-0.39, 0.29) is 11.9 Å². The molecule has 0 radical (unpaired) electrons. The zero-order valence-corrected chi connectivity index (χ0v) is 18.6. The standard InChI is InChI=1S/C24H24N4O2S/c1-14-11-17(27-24-25-13-15(2)31-24)12-19(26-14)20-8-6-10-28(20)23(29)22-16(3)18-7-4-5-9-21(18)30-22/h4-5,7,9,11-13,20H,6,8,10H2,1-3H3,(H,25,26,27)/t20-/m0/s1. The van der Waals surface area contributed by atoms with Crippen molar-refractivity contribution in [3.05, 3.63) is 70.2 Å². The van der Waals surface area contributed by atoms with Crippen molar-refractivity contribution in [1.82, 2.24) is 14.9 Å². The second kappa shape index (κ2) is 7.81. The lowest BCUT2D eigenvalue weighted by molar-refractivity contribution is 0.0702. The van der Waals surface area contributed by atoms with Gasteiger partial charge in [-0.25, -0.2) is 4.98 Å². The molecule has 0 spiro atoms. The van der Waals surface area contributed by atoms with Gasteiger partial charge in [0.1, 0.15) is 5.58 Å². The summed E-state index contributed by atoms with van der Waals surface area (Å²) in [5.74, 6) is 0.363. The van der Waals surface area contributed by atoms with Crippen LogP contribution >= 0.6 is 11.3 Å². The molecule has 4 aromatic rings. The summed E-state index contributed by atoms with van der Waals surface area (Å²) < 4.78 is 5.96. The number of thiazole rings is 1. The van der Waals surface area contributed by atoms with E-state index in [1.807, 2.05) is 68.3 Å². The van der Waals surface area contributed by atoms with Crippen LogP contribution in [0.5, 0.6) is 0 Å². The van der Waals surface area contributed by atoms with E-state index in [0.717, 1.165) is 56.5 Å². The molecule has 1 aliphatic heterocycles. The predicted octanol–water partition coefficient (Wildman–Crippen LogP) is 5.93. The maximum atomic E-state index is 13.5. The van der Waals surface area contributed by atoms with Crippen LogP contribution in [-0.4, -0.2) is 27.3 Å². The number of benzene rings is 1. The zero-order chi connectivity index (χ0) is 21.5. The molecule has 1 N–H and O–H groups in total. The van der Waals surface area contributed by atoms with E-state index in [1.165, 1.54) is 0 Å². The summed E-state index contributed by atoms with van der Waals surface area (Å²) in [7, 11) is 0. The maximum Gasteiger partial charge on any atom is 0.290 e. The van der Waals surface area contributed by atoms with Crippen molar-refractivity contribution in [2.75, 3.05) is 11.9 Å². The highest BCUT2D eigenvalue weighted by molar-refractivity contribution is 7.15. The van der Waals surface area contributed by atoms with E-state index in [0.29, 0.717) is 12.3 Å². The number of nitrogens with zero attached hydrogens (tertiary/aromatic N) is 3. The fourth-order valence-corrected chi connectivity index (χ4v) is 4.98. The quantitative estimate of drug-likeness (QED) is 0.433. The number of furan rings is 1. The SMILES string of the molecule is Cc1cc(Nc2ncc(C)s2)cc([C@@H]2CCCN2C(=O)c2oc3ccccc3c2C)n1. The first-order chi connectivity index (χ1) is 15.0. The molecule has 0 bridgehead atoms. The predicted molar refractivity (Wildman–Crippen MR) is 123 cm³/mol. The van der Waals surface area contributed by atoms with Gasteiger partial charge in [0.05, 0.1) is 11.7 Å². The Labute approximate surface area is 184 Å². The van der Waals surface area contributed by atoms with E-state index in [2.05, 4.69) is 10.3 Å². The van der Waals surface area contributed by atoms with E-state index < -0.39 is 0 Å². The van der Waals surface area contributed by atoms with Gasteiger partial charge in [-0.15, -0.1) is 11.3 Å². The fraction of sp³-hybridized carbons (Fsp3) is 0.292. The van der Waals surface area contributed by atoms with Crippen LogP contribution in [0.3, 0.4) is 0 Å². The van der Waals surface area contributed by atoms with Crippen molar-refractivity contribution in [2.24, 2.45) is 0 Å². The van der Waals surface area contributed by atoms with E-state index in [1.54, 1.807) is 11.3 Å². The molecule has 4 heterocycles. The van der Waals surface area contributed by atoms with Crippen LogP contribution in [0, 0.1) is 20.8 Å². The molecule has 0 unspecified atom stereocenters. The molecule has 1 saturated heterocycles. The van der Waals surface area contributed by atoms with Crippen LogP contribution in [0.2, 0.25) is 0 Å². The van der Waals surface area contributed by atoms with Gasteiger partial charge < -0.3 is 14.6 Å². The highest BCUT2D eigenvalue weighted by atomic mass is 32.1. The lowest BCUT2D eigenvalue weighted by Crippen LogP contribution is -2.31. The third-order valence-corrected chi connectivity index (χ3v) is 6.57. The first-order valence-electron chi connectivity index (χ1n) is 10.5. The highest BCUT2D eigenvalue weighted by Gasteiger charge is 2.34. The van der Waals surface area contributed by atoms with Gasteiger partial charge in [-0.05, 0) is 51.8 Å². The molecule has 0 saturated carbocycles. The minimum atomic E-state index is -0.0707. The average molecular weight is 433 g/mol. The van der Waals surface area contributed by atoms with Crippen LogP contribution in [-0.2, 0) is 0 Å². The summed E-state index contributed by atoms with van der Waals surface area (Å²) in [5.41, 5.74) is 4.39. The molecule has 1 aromatic carbocycles. The number of carbonyl (C=O) groups excluding carboxylic acids is 1. The van der Waals surface area contributed by atoms with Crippen LogP contribution in [0.1, 0.15) is 51.3 Å². The summed E-state index contributed by atoms with van der Waals surface area (Å²) in [5, 5.41) is 5.22. The Morgan fingerprint density at radius 1 is 1.23 bits per heavy atom. The topological polar surface area (TPSA) is 71.3 Å². The molecule has 5 rings (SSSR count). The third kappa shape index (κ3) is 3.70. The van der Waals surface area contributed by atoms with Crippen LogP contribution in [0.25, 0.3) is 11.0 Å². The van der Waals surface area contributed by atoms with Crippen LogP contribution in [0.4, 0.5) is 10.8 Å². The van der Waals surface area contributed by atoms with Gasteiger partial charge in [0.2, 0.25) is 0 Å². The monoisotopic (exact) mass is 432 g/mol. The Hall–Kier alpha value is -3.19. The van der Waals surface area contributed by atoms with Gasteiger partial charge in [-0.2, -0.15) is 0 Å². The zero-order valence-electron chi connectivity index (χ0n) is 17.8. The normalized spacial score (nSPS) is 16.2. The first-order valence-corrected chi connectivity index (χ1v) is 11.3. The number of hydrogen-bond donors (Lipinski definition) is 1. The minimum Gasteiger partial charge on any atom is -0.451 e. The van der Waals surface area contributed by atoms with Crippen molar-refractivity contribution in [3.8, 4) is 0 Å². The lowest BCUT2D eigenvalue weighted by Gasteiger charge is -2.24. The summed E-state index contributed by atoms with van der Waals surface area (Å²) in [4.78, 5) is 25.7. The van der Waals surface area contributed by atoms with E-state index >= 15 is 0 Å². The summed E-state index contributed by atoms with van der Waals surface area (Å²) in [6, 6.07) is 11.8. The molecule has 1 fully saturated rings. The molecule has 0 aliphatic carbocycles. The van der Waals surface area contributed by atoms with Crippen molar-refractivity contribution in [3.63, 3.8) is 0 Å². The van der Waals surface area contributed by atoms with Gasteiger partial charge in [-0.1, -0.05) is 18.2 Å². The number of hydrogen-bond acceptors (Lipinski definition) is 6. The van der Waals surface area contributed by atoms with Gasteiger partial charge in [0.25, 0.3) is 5.91 Å². The first kappa shape index (κ1) is 19.8. The van der Waals surface area contributed by atoms with E-state index in [4.69, 9.17) is 9.40 Å². The van der Waals surface area contributed by atoms with Crippen molar-refractivity contribution in [2.45, 2.75) is 39.7 Å². The number of aromatic nitrogens is 2. The number of nitrogens with one attached hydrogen (secondary N) is 1. The van der Waals surface area contributed by atoms with Crippen molar-refractivity contribution < 1.29 is 9.21 Å². The van der Waals surface area contributed by atoms with Crippen LogP contribution in [0.15, 0.2) is 47.0 Å². The molecular weight excluding hydrogens is 408 g/mol. The lowest BCUT2D eigenvalue weighted by atomic mass is 10.1. The Bertz CT molecular complexity index is 1280. The number of carbonyl (C=O) groups is 1. The highest BCUT2D eigenvalue weighted by Crippen LogP contribution is 2.36. The summed E-state index contributed by atoms with van der Waals surface area (Å²) in [6.45, 7) is 6.66.